The molecule has 31 heavy (non-hydrogen) atoms. The summed E-state index contributed by atoms with van der Waals surface area (Å²) >= 11 is 0. The highest BCUT2D eigenvalue weighted by atomic mass is 16.5. The van der Waals surface area contributed by atoms with E-state index in [4.69, 9.17) is 4.74 Å². The average molecular weight is 427 g/mol. The lowest BCUT2D eigenvalue weighted by atomic mass is 9.79. The van der Waals surface area contributed by atoms with Crippen molar-refractivity contribution in [2.75, 3.05) is 33.8 Å². The first-order valence-corrected chi connectivity index (χ1v) is 11.7. The molecule has 1 N–H and O–H groups in total. The zero-order valence-corrected chi connectivity index (χ0v) is 19.3. The van der Waals surface area contributed by atoms with Crippen LogP contribution in [0.2, 0.25) is 0 Å². The van der Waals surface area contributed by atoms with Crippen LogP contribution in [0, 0.1) is 5.92 Å². The summed E-state index contributed by atoms with van der Waals surface area (Å²) < 4.78 is 5.74. The molecule has 0 unspecified atom stereocenters. The maximum Gasteiger partial charge on any atom is 0.225 e. The monoisotopic (exact) mass is 426 g/mol. The van der Waals surface area contributed by atoms with Crippen molar-refractivity contribution < 1.29 is 9.53 Å². The second-order valence-corrected chi connectivity index (χ2v) is 8.87. The maximum atomic E-state index is 12.9. The van der Waals surface area contributed by atoms with Crippen molar-refractivity contribution in [2.45, 2.75) is 57.9 Å². The van der Waals surface area contributed by atoms with Crippen molar-refractivity contribution in [1.29, 1.82) is 0 Å². The van der Waals surface area contributed by atoms with E-state index in [0.717, 1.165) is 44.5 Å². The van der Waals surface area contributed by atoms with Gasteiger partial charge in [0.25, 0.3) is 0 Å². The highest BCUT2D eigenvalue weighted by molar-refractivity contribution is 5.78. The minimum atomic E-state index is 0.122. The van der Waals surface area contributed by atoms with Gasteiger partial charge in [0.2, 0.25) is 5.91 Å². The lowest BCUT2D eigenvalue weighted by Gasteiger charge is -2.30. The smallest absolute Gasteiger partial charge is 0.225 e. The number of H-pyrrole nitrogens is 1. The zero-order valence-electron chi connectivity index (χ0n) is 19.3. The summed E-state index contributed by atoms with van der Waals surface area (Å²) in [5, 5.41) is 7.59. The Bertz CT molecular complexity index is 784. The third-order valence-electron chi connectivity index (χ3n) is 6.38. The molecule has 0 radical (unpaired) electrons. The maximum absolute atomic E-state index is 12.9. The average Bonchev–Trinajstić information content (AvgIpc) is 3.26. The van der Waals surface area contributed by atoms with Crippen LogP contribution in [-0.4, -0.2) is 59.7 Å². The highest BCUT2D eigenvalue weighted by Crippen LogP contribution is 2.37. The number of carbonyl (C=O) groups excluding carboxylic acids is 1. The van der Waals surface area contributed by atoms with Gasteiger partial charge in [-0.05, 0) is 57.8 Å². The molecular weight excluding hydrogens is 388 g/mol. The molecule has 0 spiro atoms. The third-order valence-corrected chi connectivity index (χ3v) is 6.38. The van der Waals surface area contributed by atoms with E-state index < -0.39 is 0 Å². The fourth-order valence-corrected chi connectivity index (χ4v) is 4.47. The Kier molecular flexibility index (Phi) is 8.95. The summed E-state index contributed by atoms with van der Waals surface area (Å²) in [6, 6.07) is 9.76. The summed E-state index contributed by atoms with van der Waals surface area (Å²) in [7, 11) is 4.07. The van der Waals surface area contributed by atoms with Crippen LogP contribution < -0.4 is 4.74 Å². The van der Waals surface area contributed by atoms with E-state index in [1.807, 2.05) is 48.5 Å². The number of amides is 1. The molecule has 1 fully saturated rings. The molecule has 0 saturated heterocycles. The normalized spacial score (nSPS) is 18.8. The number of aromatic amines is 1. The van der Waals surface area contributed by atoms with Crippen LogP contribution in [-0.2, 0) is 11.3 Å². The van der Waals surface area contributed by atoms with Gasteiger partial charge >= 0.3 is 0 Å². The minimum Gasteiger partial charge on any atom is -0.492 e. The quantitative estimate of drug-likeness (QED) is 0.577. The largest absolute Gasteiger partial charge is 0.492 e. The lowest BCUT2D eigenvalue weighted by Crippen LogP contribution is -2.37. The fourth-order valence-electron chi connectivity index (χ4n) is 4.47. The molecule has 3 rings (SSSR count). The first-order valence-electron chi connectivity index (χ1n) is 11.7. The van der Waals surface area contributed by atoms with Gasteiger partial charge in [-0.15, -0.1) is 0 Å². The van der Waals surface area contributed by atoms with Crippen LogP contribution in [0.4, 0.5) is 0 Å². The van der Waals surface area contributed by atoms with Gasteiger partial charge in [0.05, 0.1) is 12.7 Å². The van der Waals surface area contributed by atoms with Crippen molar-refractivity contribution in [3.05, 3.63) is 47.8 Å². The number of likely N-dealkylation sites (N-methyl/N-ethyl adjacent to an activating group) is 1. The summed E-state index contributed by atoms with van der Waals surface area (Å²) in [4.78, 5) is 17.1. The van der Waals surface area contributed by atoms with Gasteiger partial charge in [-0.3, -0.25) is 9.89 Å². The van der Waals surface area contributed by atoms with Gasteiger partial charge in [0.15, 0.2) is 0 Å². The molecule has 1 aliphatic carbocycles. The van der Waals surface area contributed by atoms with Crippen molar-refractivity contribution in [1.82, 2.24) is 20.0 Å². The highest BCUT2D eigenvalue weighted by Gasteiger charge is 2.30. The molecule has 6 heteroatoms. The van der Waals surface area contributed by atoms with Gasteiger partial charge < -0.3 is 14.5 Å². The van der Waals surface area contributed by atoms with Crippen molar-refractivity contribution >= 4 is 5.91 Å². The SMILES string of the molecule is CCCCN(C)Cc1cn[nH]c1C1CCC(C(=O)N(C)CCOc2ccccc2)CC1. The van der Waals surface area contributed by atoms with Crippen molar-refractivity contribution in [3.63, 3.8) is 0 Å². The Morgan fingerprint density at radius 1 is 1.13 bits per heavy atom. The first kappa shape index (κ1) is 23.3. The number of carbonyl (C=O) groups is 1. The second kappa shape index (κ2) is 11.9. The zero-order chi connectivity index (χ0) is 22.1. The number of rotatable bonds is 11. The number of hydrogen-bond donors (Lipinski definition) is 1. The summed E-state index contributed by atoms with van der Waals surface area (Å²) in [5.41, 5.74) is 2.59. The summed E-state index contributed by atoms with van der Waals surface area (Å²) in [5.74, 6) is 1.70. The number of ether oxygens (including phenoxy) is 1. The molecule has 1 saturated carbocycles. The van der Waals surface area contributed by atoms with E-state index >= 15 is 0 Å². The Labute approximate surface area is 187 Å². The van der Waals surface area contributed by atoms with Gasteiger partial charge in [-0.2, -0.15) is 5.10 Å². The molecule has 0 aliphatic heterocycles. The molecule has 0 bridgehead atoms. The summed E-state index contributed by atoms with van der Waals surface area (Å²) in [6.07, 6.45) is 8.39. The predicted molar refractivity (Wildman–Crippen MR) is 124 cm³/mol. The van der Waals surface area contributed by atoms with E-state index in [1.54, 1.807) is 0 Å². The van der Waals surface area contributed by atoms with Crippen LogP contribution in [0.3, 0.4) is 0 Å². The number of nitrogens with zero attached hydrogens (tertiary/aromatic N) is 3. The number of benzene rings is 1. The van der Waals surface area contributed by atoms with Gasteiger partial charge in [0.1, 0.15) is 12.4 Å². The lowest BCUT2D eigenvalue weighted by molar-refractivity contribution is -0.135. The summed E-state index contributed by atoms with van der Waals surface area (Å²) in [6.45, 7) is 5.41. The van der Waals surface area contributed by atoms with Gasteiger partial charge in [-0.25, -0.2) is 0 Å². The Hall–Kier alpha value is -2.34. The van der Waals surface area contributed by atoms with Crippen LogP contribution >= 0.6 is 0 Å². The predicted octanol–water partition coefficient (Wildman–Crippen LogP) is 4.45. The fraction of sp³-hybridized carbons (Fsp3) is 0.600. The van der Waals surface area contributed by atoms with Gasteiger partial charge in [-0.1, -0.05) is 31.5 Å². The van der Waals surface area contributed by atoms with Gasteiger partial charge in [0, 0.05) is 36.7 Å². The molecule has 0 atom stereocenters. The molecule has 6 nitrogen and oxygen atoms in total. The number of unbranched alkanes of at least 4 members (excludes halogenated alkanes) is 1. The van der Waals surface area contributed by atoms with Crippen LogP contribution in [0.15, 0.2) is 36.5 Å². The molecule has 2 aromatic rings. The van der Waals surface area contributed by atoms with E-state index in [2.05, 4.69) is 29.1 Å². The van der Waals surface area contributed by atoms with Crippen molar-refractivity contribution in [2.24, 2.45) is 5.92 Å². The van der Waals surface area contributed by atoms with Crippen LogP contribution in [0.1, 0.15) is 62.6 Å². The van der Waals surface area contributed by atoms with E-state index in [-0.39, 0.29) is 11.8 Å². The Balaban J connectivity index is 1.44. The molecular formula is C25H38N4O2. The standard InChI is InChI=1S/C25H38N4O2/c1-4-5-15-28(2)19-22-18-26-27-24(22)20-11-13-21(14-12-20)25(30)29(3)16-17-31-23-9-7-6-8-10-23/h6-10,18,20-21H,4-5,11-17,19H2,1-3H3,(H,26,27). The Morgan fingerprint density at radius 3 is 2.58 bits per heavy atom. The molecule has 1 heterocycles. The van der Waals surface area contributed by atoms with Crippen LogP contribution in [0.5, 0.6) is 5.75 Å². The third kappa shape index (κ3) is 6.82. The number of nitrogens with one attached hydrogen (secondary N) is 1. The van der Waals surface area contributed by atoms with E-state index in [1.165, 1.54) is 24.1 Å². The molecule has 1 amide bonds. The Morgan fingerprint density at radius 2 is 1.87 bits per heavy atom. The number of para-hydroxylation sites is 1. The molecule has 1 aromatic carbocycles. The topological polar surface area (TPSA) is 61.5 Å². The number of hydrogen-bond acceptors (Lipinski definition) is 4. The van der Waals surface area contributed by atoms with E-state index in [9.17, 15) is 4.79 Å². The van der Waals surface area contributed by atoms with Crippen molar-refractivity contribution in [3.8, 4) is 5.75 Å². The molecule has 170 valence electrons. The minimum absolute atomic E-state index is 0.122. The van der Waals surface area contributed by atoms with Crippen LogP contribution in [0.25, 0.3) is 0 Å². The molecule has 1 aromatic heterocycles. The second-order valence-electron chi connectivity index (χ2n) is 8.87. The first-order chi connectivity index (χ1) is 15.1. The number of aromatic nitrogens is 2. The van der Waals surface area contributed by atoms with E-state index in [0.29, 0.717) is 19.1 Å². The molecule has 1 aliphatic rings.